The summed E-state index contributed by atoms with van der Waals surface area (Å²) in [5, 5.41) is 3.80. The molecule has 0 atom stereocenters. The molecule has 2 rings (SSSR count). The topological polar surface area (TPSA) is 95.3 Å². The predicted molar refractivity (Wildman–Crippen MR) is 53.1 cm³/mol. The molecule has 7 heteroatoms. The summed E-state index contributed by atoms with van der Waals surface area (Å²) >= 11 is 0. The van der Waals surface area contributed by atoms with Gasteiger partial charge in [-0.15, -0.1) is 0 Å². The molecule has 78 valence electrons. The van der Waals surface area contributed by atoms with Gasteiger partial charge in [0.25, 0.3) is 16.9 Å². The lowest BCUT2D eigenvalue weighted by Crippen LogP contribution is -2.36. The summed E-state index contributed by atoms with van der Waals surface area (Å²) in [6, 6.07) is 1.32. The van der Waals surface area contributed by atoms with Crippen LogP contribution in [0.3, 0.4) is 0 Å². The first-order chi connectivity index (χ1) is 7.00. The highest BCUT2D eigenvalue weighted by molar-refractivity contribution is 5.28. The van der Waals surface area contributed by atoms with Crippen LogP contribution < -0.4 is 17.0 Å². The van der Waals surface area contributed by atoms with Crippen LogP contribution in [0.4, 0.5) is 0 Å². The van der Waals surface area contributed by atoms with Crippen molar-refractivity contribution >= 4 is 5.78 Å². The van der Waals surface area contributed by atoms with Gasteiger partial charge < -0.3 is 5.84 Å². The monoisotopic (exact) mass is 207 g/mol. The Balaban J connectivity index is 3.13. The van der Waals surface area contributed by atoms with Crippen LogP contribution in [0.1, 0.15) is 11.4 Å². The number of rotatable bonds is 0. The van der Waals surface area contributed by atoms with Gasteiger partial charge in [-0.05, 0) is 13.8 Å². The van der Waals surface area contributed by atoms with Gasteiger partial charge in [-0.1, -0.05) is 0 Å². The van der Waals surface area contributed by atoms with E-state index in [0.29, 0.717) is 5.69 Å². The van der Waals surface area contributed by atoms with E-state index in [9.17, 15) is 9.59 Å². The zero-order valence-electron chi connectivity index (χ0n) is 8.26. The molecule has 0 fully saturated rings. The molecule has 0 saturated carbocycles. The Hall–Kier alpha value is -2.18. The van der Waals surface area contributed by atoms with E-state index < -0.39 is 5.56 Å². The molecule has 2 heterocycles. The van der Waals surface area contributed by atoms with Crippen molar-refractivity contribution in [2.75, 3.05) is 5.84 Å². The maximum atomic E-state index is 11.5. The minimum absolute atomic E-state index is 0.0376. The molecular weight excluding hydrogens is 198 g/mol. The average molecular weight is 207 g/mol. The molecule has 0 aliphatic carbocycles. The van der Waals surface area contributed by atoms with Crippen LogP contribution in [-0.2, 0) is 0 Å². The van der Waals surface area contributed by atoms with Crippen LogP contribution in [-0.4, -0.2) is 19.3 Å². The second-order valence-corrected chi connectivity index (χ2v) is 3.21. The minimum Gasteiger partial charge on any atom is -0.333 e. The number of aryl methyl sites for hydroxylation is 2. The van der Waals surface area contributed by atoms with Gasteiger partial charge in [0.05, 0.1) is 0 Å². The van der Waals surface area contributed by atoms with Crippen molar-refractivity contribution in [1.82, 2.24) is 19.3 Å². The summed E-state index contributed by atoms with van der Waals surface area (Å²) in [7, 11) is 0. The summed E-state index contributed by atoms with van der Waals surface area (Å²) in [4.78, 5) is 26.9. The van der Waals surface area contributed by atoms with Gasteiger partial charge in [-0.25, -0.2) is 4.98 Å². The van der Waals surface area contributed by atoms with E-state index in [4.69, 9.17) is 5.84 Å². The fourth-order valence-electron chi connectivity index (χ4n) is 1.28. The summed E-state index contributed by atoms with van der Waals surface area (Å²) < 4.78 is 1.82. The second kappa shape index (κ2) is 2.91. The molecule has 0 amide bonds. The first-order valence-corrected chi connectivity index (χ1v) is 4.26. The largest absolute Gasteiger partial charge is 0.333 e. The van der Waals surface area contributed by atoms with Crippen molar-refractivity contribution in [3.63, 3.8) is 0 Å². The first-order valence-electron chi connectivity index (χ1n) is 4.26. The van der Waals surface area contributed by atoms with E-state index in [1.165, 1.54) is 13.0 Å². The van der Waals surface area contributed by atoms with Crippen molar-refractivity contribution in [3.05, 3.63) is 38.2 Å². The Bertz CT molecular complexity index is 654. The smallest absolute Gasteiger partial charge is 0.295 e. The molecule has 2 N–H and O–H groups in total. The quantitative estimate of drug-likeness (QED) is 0.535. The van der Waals surface area contributed by atoms with E-state index in [1.807, 2.05) is 0 Å². The number of fused-ring (bicyclic) bond motifs is 1. The standard InChI is InChI=1S/C8H9N5O2/c1-4-3-6(14)13-8(10-4)12(9)7(15)5(2)11-13/h3H,9H2,1-2H3. The Labute approximate surface area is 83.8 Å². The third-order valence-electron chi connectivity index (χ3n) is 2.00. The van der Waals surface area contributed by atoms with E-state index in [2.05, 4.69) is 10.1 Å². The number of nitrogen functional groups attached to an aromatic ring is 1. The molecule has 0 spiro atoms. The number of nitrogens with two attached hydrogens (primary N) is 1. The summed E-state index contributed by atoms with van der Waals surface area (Å²) in [6.07, 6.45) is 0. The number of nitrogens with zero attached hydrogens (tertiary/aromatic N) is 4. The van der Waals surface area contributed by atoms with E-state index in [1.54, 1.807) is 6.92 Å². The maximum absolute atomic E-state index is 11.5. The van der Waals surface area contributed by atoms with Crippen molar-refractivity contribution in [2.24, 2.45) is 0 Å². The third kappa shape index (κ3) is 1.28. The molecule has 0 unspecified atom stereocenters. The summed E-state index contributed by atoms with van der Waals surface area (Å²) in [5.41, 5.74) is -0.186. The van der Waals surface area contributed by atoms with E-state index >= 15 is 0 Å². The fourth-order valence-corrected chi connectivity index (χ4v) is 1.28. The Morgan fingerprint density at radius 2 is 2.00 bits per heavy atom. The molecule has 2 aromatic rings. The van der Waals surface area contributed by atoms with Crippen molar-refractivity contribution < 1.29 is 0 Å². The van der Waals surface area contributed by atoms with Gasteiger partial charge in [0.15, 0.2) is 0 Å². The molecule has 0 aliphatic rings. The van der Waals surface area contributed by atoms with E-state index in [0.717, 1.165) is 9.19 Å². The lowest BCUT2D eigenvalue weighted by atomic mass is 10.4. The van der Waals surface area contributed by atoms with Crippen LogP contribution in [0.15, 0.2) is 15.7 Å². The van der Waals surface area contributed by atoms with Crippen LogP contribution in [0, 0.1) is 13.8 Å². The zero-order chi connectivity index (χ0) is 11.2. The fraction of sp³-hybridized carbons (Fsp3) is 0.250. The van der Waals surface area contributed by atoms with Crippen LogP contribution in [0.2, 0.25) is 0 Å². The molecule has 7 nitrogen and oxygen atoms in total. The Kier molecular flexibility index (Phi) is 1.82. The van der Waals surface area contributed by atoms with Gasteiger partial charge in [0.1, 0.15) is 5.69 Å². The molecule has 0 bridgehead atoms. The lowest BCUT2D eigenvalue weighted by molar-refractivity contribution is 0.739. The van der Waals surface area contributed by atoms with Crippen molar-refractivity contribution in [1.29, 1.82) is 0 Å². The second-order valence-electron chi connectivity index (χ2n) is 3.21. The molecule has 2 aromatic heterocycles. The maximum Gasteiger partial charge on any atom is 0.295 e. The minimum atomic E-state index is -0.465. The van der Waals surface area contributed by atoms with Crippen LogP contribution >= 0.6 is 0 Å². The highest BCUT2D eigenvalue weighted by atomic mass is 16.1. The van der Waals surface area contributed by atoms with Gasteiger partial charge in [0, 0.05) is 11.8 Å². The highest BCUT2D eigenvalue weighted by Gasteiger charge is 2.08. The predicted octanol–water partition coefficient (Wildman–Crippen LogP) is -1.42. The SMILES string of the molecule is Cc1cc(=O)n2nc(C)c(=O)n(N)c2n1. The van der Waals surface area contributed by atoms with Crippen LogP contribution in [0.25, 0.3) is 5.78 Å². The summed E-state index contributed by atoms with van der Waals surface area (Å²) in [6.45, 7) is 3.13. The number of aromatic nitrogens is 4. The molecule has 15 heavy (non-hydrogen) atoms. The van der Waals surface area contributed by atoms with E-state index in [-0.39, 0.29) is 17.0 Å². The molecule has 0 radical (unpaired) electrons. The third-order valence-corrected chi connectivity index (χ3v) is 2.00. The van der Waals surface area contributed by atoms with Crippen LogP contribution in [0.5, 0.6) is 0 Å². The van der Waals surface area contributed by atoms with Gasteiger partial charge in [0.2, 0.25) is 0 Å². The average Bonchev–Trinajstić information content (AvgIpc) is 2.17. The normalized spacial score (nSPS) is 10.8. The van der Waals surface area contributed by atoms with Crippen molar-refractivity contribution in [2.45, 2.75) is 13.8 Å². The van der Waals surface area contributed by atoms with Crippen molar-refractivity contribution in [3.8, 4) is 0 Å². The molecule has 0 aliphatic heterocycles. The number of hydrogen-bond donors (Lipinski definition) is 1. The molecular formula is C8H9N5O2. The summed E-state index contributed by atoms with van der Waals surface area (Å²) in [5.74, 6) is 5.54. The van der Waals surface area contributed by atoms with Gasteiger partial charge >= 0.3 is 0 Å². The lowest BCUT2D eigenvalue weighted by Gasteiger charge is -2.05. The molecule has 0 aromatic carbocycles. The van der Waals surface area contributed by atoms with Gasteiger partial charge in [-0.2, -0.15) is 14.3 Å². The van der Waals surface area contributed by atoms with Gasteiger partial charge in [-0.3, -0.25) is 9.59 Å². The first kappa shape index (κ1) is 9.38. The highest BCUT2D eigenvalue weighted by Crippen LogP contribution is 1.92. The Morgan fingerprint density at radius 1 is 1.33 bits per heavy atom. The Morgan fingerprint density at radius 3 is 2.67 bits per heavy atom. The molecule has 0 saturated heterocycles. The zero-order valence-corrected chi connectivity index (χ0v) is 8.26. The number of hydrogen-bond acceptors (Lipinski definition) is 5.